The fourth-order valence-corrected chi connectivity index (χ4v) is 7.73. The molecule has 3 saturated carbocycles. The van der Waals surface area contributed by atoms with E-state index in [0.29, 0.717) is 28.4 Å². The first-order valence-electron chi connectivity index (χ1n) is 9.81. The summed E-state index contributed by atoms with van der Waals surface area (Å²) in [4.78, 5) is 24.2. The highest BCUT2D eigenvalue weighted by Crippen LogP contribution is 2.65. The van der Waals surface area contributed by atoms with Crippen LogP contribution in [0, 0.1) is 28.6 Å². The quantitative estimate of drug-likeness (QED) is 0.354. The van der Waals surface area contributed by atoms with Crippen molar-refractivity contribution in [1.29, 1.82) is 0 Å². The van der Waals surface area contributed by atoms with Crippen LogP contribution in [-0.4, -0.2) is 22.7 Å². The van der Waals surface area contributed by atoms with Gasteiger partial charge in [-0.05, 0) is 55.3 Å². The van der Waals surface area contributed by atoms with Gasteiger partial charge in [-0.25, -0.2) is 0 Å². The number of alkyl halides is 1. The van der Waals surface area contributed by atoms with Crippen LogP contribution >= 0.6 is 15.9 Å². The van der Waals surface area contributed by atoms with E-state index in [9.17, 15) is 9.59 Å². The minimum Gasteiger partial charge on any atom is -0.462 e. The van der Waals surface area contributed by atoms with Crippen LogP contribution in [0.25, 0.3) is 0 Å². The van der Waals surface area contributed by atoms with Crippen LogP contribution in [0.4, 0.5) is 0 Å². The normalized spacial score (nSPS) is 48.9. The monoisotopic (exact) mass is 408 g/mol. The van der Waals surface area contributed by atoms with E-state index in [1.165, 1.54) is 12.5 Å². The van der Waals surface area contributed by atoms with Crippen molar-refractivity contribution in [2.75, 3.05) is 0 Å². The molecule has 4 aliphatic rings. The van der Waals surface area contributed by atoms with Gasteiger partial charge < -0.3 is 4.74 Å². The van der Waals surface area contributed by atoms with E-state index >= 15 is 0 Å². The van der Waals surface area contributed by atoms with Crippen LogP contribution in [0.5, 0.6) is 0 Å². The summed E-state index contributed by atoms with van der Waals surface area (Å²) in [6.45, 7) is 6.16. The van der Waals surface area contributed by atoms with Crippen molar-refractivity contribution in [2.45, 2.75) is 76.6 Å². The molecule has 4 rings (SSSR count). The molecule has 4 aliphatic carbocycles. The molecule has 0 N–H and O–H groups in total. The lowest BCUT2D eigenvalue weighted by Gasteiger charge is -2.58. The van der Waals surface area contributed by atoms with Gasteiger partial charge in [0.05, 0.1) is 0 Å². The number of hydrogen-bond acceptors (Lipinski definition) is 3. The predicted molar refractivity (Wildman–Crippen MR) is 100 cm³/mol. The van der Waals surface area contributed by atoms with Crippen molar-refractivity contribution < 1.29 is 14.3 Å². The molecule has 7 atom stereocenters. The third kappa shape index (κ3) is 2.57. The van der Waals surface area contributed by atoms with Crippen molar-refractivity contribution in [3.8, 4) is 0 Å². The first kappa shape index (κ1) is 17.8. The molecule has 0 aromatic rings. The maximum atomic E-state index is 12.5. The number of carbonyl (C=O) groups is 2. The number of allylic oxidation sites excluding steroid dienone is 1. The first-order chi connectivity index (χ1) is 11.8. The zero-order chi connectivity index (χ0) is 18.0. The number of esters is 1. The third-order valence-electron chi connectivity index (χ3n) is 8.09. The Kier molecular flexibility index (Phi) is 4.22. The average Bonchev–Trinajstić information content (AvgIpc) is 2.84. The summed E-state index contributed by atoms with van der Waals surface area (Å²) in [6, 6.07) is 0. The van der Waals surface area contributed by atoms with Gasteiger partial charge in [-0.15, -0.1) is 0 Å². The fourth-order valence-electron chi connectivity index (χ4n) is 6.68. The first-order valence-corrected chi connectivity index (χ1v) is 10.7. The molecule has 0 amide bonds. The smallest absolute Gasteiger partial charge is 0.302 e. The highest BCUT2D eigenvalue weighted by Gasteiger charge is 2.60. The van der Waals surface area contributed by atoms with E-state index in [-0.39, 0.29) is 22.9 Å². The minimum absolute atomic E-state index is 0.0370. The maximum Gasteiger partial charge on any atom is 0.302 e. The second kappa shape index (κ2) is 5.94. The Labute approximate surface area is 159 Å². The van der Waals surface area contributed by atoms with E-state index in [1.807, 2.05) is 0 Å². The summed E-state index contributed by atoms with van der Waals surface area (Å²) in [5, 5.41) is 0. The van der Waals surface area contributed by atoms with Crippen LogP contribution in [0.2, 0.25) is 0 Å². The highest BCUT2D eigenvalue weighted by atomic mass is 79.9. The summed E-state index contributed by atoms with van der Waals surface area (Å²) in [6.07, 6.45) is 9.41. The lowest BCUT2D eigenvalue weighted by Crippen LogP contribution is -2.53. The largest absolute Gasteiger partial charge is 0.462 e. The van der Waals surface area contributed by atoms with E-state index in [2.05, 4.69) is 35.9 Å². The highest BCUT2D eigenvalue weighted by molar-refractivity contribution is 9.09. The van der Waals surface area contributed by atoms with E-state index in [1.54, 1.807) is 0 Å². The second-order valence-electron chi connectivity index (χ2n) is 9.24. The van der Waals surface area contributed by atoms with Gasteiger partial charge in [-0.1, -0.05) is 41.4 Å². The van der Waals surface area contributed by atoms with E-state index in [4.69, 9.17) is 4.74 Å². The summed E-state index contributed by atoms with van der Waals surface area (Å²) >= 11 is 3.97. The predicted octanol–water partition coefficient (Wildman–Crippen LogP) is 4.82. The van der Waals surface area contributed by atoms with Crippen LogP contribution < -0.4 is 0 Å². The molecule has 25 heavy (non-hydrogen) atoms. The fraction of sp³-hybridized carbons (Fsp3) is 0.810. The van der Waals surface area contributed by atoms with Crippen LogP contribution in [0.15, 0.2) is 11.6 Å². The summed E-state index contributed by atoms with van der Waals surface area (Å²) in [7, 11) is 0. The molecule has 3 nitrogen and oxygen atoms in total. The Hall–Kier alpha value is -0.640. The molecule has 0 aliphatic heterocycles. The molecule has 0 bridgehead atoms. The molecule has 2 unspecified atom stereocenters. The Balaban J connectivity index is 1.65. The minimum atomic E-state index is -0.170. The number of rotatable bonds is 1. The van der Waals surface area contributed by atoms with Gasteiger partial charge in [0, 0.05) is 30.0 Å². The number of hydrogen-bond donors (Lipinski definition) is 0. The Bertz CT molecular complexity index is 641. The molecule has 0 aromatic heterocycles. The summed E-state index contributed by atoms with van der Waals surface area (Å²) < 4.78 is 5.52. The van der Waals surface area contributed by atoms with E-state index in [0.717, 1.165) is 44.9 Å². The molecule has 0 saturated heterocycles. The van der Waals surface area contributed by atoms with Gasteiger partial charge in [-0.3, -0.25) is 9.59 Å². The van der Waals surface area contributed by atoms with Gasteiger partial charge in [0.25, 0.3) is 0 Å². The number of carbonyl (C=O) groups excluding carboxylic acids is 2. The van der Waals surface area contributed by atoms with Gasteiger partial charge in [0.15, 0.2) is 0 Å². The topological polar surface area (TPSA) is 43.4 Å². The van der Waals surface area contributed by atoms with Gasteiger partial charge in [-0.2, -0.15) is 0 Å². The molecule has 138 valence electrons. The van der Waals surface area contributed by atoms with E-state index < -0.39 is 0 Å². The van der Waals surface area contributed by atoms with Crippen molar-refractivity contribution in [1.82, 2.24) is 0 Å². The zero-order valence-corrected chi connectivity index (χ0v) is 17.1. The SMILES string of the molecule is CC(=O)OC1CC[C@@]2(C)C(=CC(Br)[C@@H]3[C@H]2CC[C@]2(C)C(=O)CC[C@@H]32)C1. The van der Waals surface area contributed by atoms with Crippen LogP contribution in [0.3, 0.4) is 0 Å². The number of ketones is 1. The Morgan fingerprint density at radius 3 is 2.56 bits per heavy atom. The van der Waals surface area contributed by atoms with Gasteiger partial charge in [0.1, 0.15) is 11.9 Å². The molecule has 0 aromatic carbocycles. The molecule has 0 spiro atoms. The molecule has 0 heterocycles. The van der Waals surface area contributed by atoms with Crippen molar-refractivity contribution in [3.63, 3.8) is 0 Å². The van der Waals surface area contributed by atoms with Gasteiger partial charge in [0.2, 0.25) is 0 Å². The number of halogens is 1. The summed E-state index contributed by atoms with van der Waals surface area (Å²) in [5.41, 5.74) is 1.59. The molecule has 0 radical (unpaired) electrons. The van der Waals surface area contributed by atoms with Crippen molar-refractivity contribution >= 4 is 27.7 Å². The standard InChI is InChI=1S/C21H29BrO3/c1-12(23)25-14-6-8-20(2)13(10-14)11-17(22)19-15-4-5-18(24)21(15,3)9-7-16(19)20/h11,14-17,19H,4-10H2,1-3H3/t14?,15-,16+,17?,19-,20-,21-/m0/s1. The Morgan fingerprint density at radius 1 is 1.16 bits per heavy atom. The number of fused-ring (bicyclic) bond motifs is 5. The lowest BCUT2D eigenvalue weighted by atomic mass is 9.48. The molecular formula is C21H29BrO3. The Morgan fingerprint density at radius 2 is 1.84 bits per heavy atom. The van der Waals surface area contributed by atoms with Crippen LogP contribution in [0.1, 0.15) is 65.7 Å². The number of ether oxygens (including phenoxy) is 1. The van der Waals surface area contributed by atoms with Crippen molar-refractivity contribution in [3.05, 3.63) is 11.6 Å². The third-order valence-corrected chi connectivity index (χ3v) is 8.96. The van der Waals surface area contributed by atoms with Crippen molar-refractivity contribution in [2.24, 2.45) is 28.6 Å². The zero-order valence-electron chi connectivity index (χ0n) is 15.5. The molecule has 4 heteroatoms. The lowest BCUT2D eigenvalue weighted by molar-refractivity contribution is -0.148. The summed E-state index contributed by atoms with van der Waals surface area (Å²) in [5.74, 6) is 2.04. The molecular weight excluding hydrogens is 380 g/mol. The molecule has 3 fully saturated rings. The second-order valence-corrected chi connectivity index (χ2v) is 10.3. The van der Waals surface area contributed by atoms with Gasteiger partial charge >= 0.3 is 5.97 Å². The van der Waals surface area contributed by atoms with Crippen LogP contribution in [-0.2, 0) is 14.3 Å². The number of Topliss-reactive ketones (excluding diaryl/α,β-unsaturated/α-hetero) is 1. The average molecular weight is 409 g/mol. The maximum absolute atomic E-state index is 12.5.